The highest BCUT2D eigenvalue weighted by atomic mass is 16.5. The molecule has 0 aliphatic rings. The number of amides is 1. The first-order valence-electron chi connectivity index (χ1n) is 10.2. The Labute approximate surface area is 185 Å². The van der Waals surface area contributed by atoms with Crippen molar-refractivity contribution in [3.05, 3.63) is 84.4 Å². The second-order valence-corrected chi connectivity index (χ2v) is 6.38. The highest BCUT2D eigenvalue weighted by molar-refractivity contribution is 5.96. The van der Waals surface area contributed by atoms with Gasteiger partial charge in [-0.3, -0.25) is 15.1 Å². The Hall–Kier alpha value is -3.67. The van der Waals surface area contributed by atoms with Crippen LogP contribution in [-0.2, 0) is 4.79 Å². The molecule has 2 rings (SSSR count). The van der Waals surface area contributed by atoms with Crippen LogP contribution in [0.25, 0.3) is 10.9 Å². The number of allylic oxidation sites excluding steroid dienone is 3. The fraction of sp³-hybridized carbons (Fsp3) is 0.240. The number of aromatic nitrogens is 1. The number of hydrogen-bond donors (Lipinski definition) is 2. The summed E-state index contributed by atoms with van der Waals surface area (Å²) in [6, 6.07) is 7.80. The molecule has 1 amide bonds. The van der Waals surface area contributed by atoms with Gasteiger partial charge in [-0.25, -0.2) is 4.58 Å². The molecule has 3 N–H and O–H groups in total. The zero-order valence-corrected chi connectivity index (χ0v) is 19.1. The number of fused-ring (bicyclic) bond motifs is 1. The van der Waals surface area contributed by atoms with Crippen molar-refractivity contribution in [1.82, 2.24) is 10.3 Å². The van der Waals surface area contributed by atoms with Crippen LogP contribution in [-0.4, -0.2) is 35.4 Å². The van der Waals surface area contributed by atoms with E-state index in [9.17, 15) is 4.79 Å². The van der Waals surface area contributed by atoms with Crippen LogP contribution in [0.1, 0.15) is 26.3 Å². The summed E-state index contributed by atoms with van der Waals surface area (Å²) in [5, 5.41) is 3.72. The molecule has 0 radical (unpaired) electrons. The number of ether oxygens (including phenoxy) is 1. The topological polar surface area (TPSA) is 80.2 Å². The van der Waals surface area contributed by atoms with E-state index in [4.69, 9.17) is 10.5 Å². The quantitative estimate of drug-likeness (QED) is 0.167. The molecule has 1 aromatic heterocycles. The maximum absolute atomic E-state index is 12.5. The van der Waals surface area contributed by atoms with Crippen molar-refractivity contribution >= 4 is 23.0 Å². The smallest absolute Gasteiger partial charge is 0.256 e. The van der Waals surface area contributed by atoms with Gasteiger partial charge in [-0.1, -0.05) is 32.6 Å². The number of pyridine rings is 1. The molecule has 0 spiro atoms. The van der Waals surface area contributed by atoms with Gasteiger partial charge in [0.1, 0.15) is 18.6 Å². The van der Waals surface area contributed by atoms with Gasteiger partial charge in [0.15, 0.2) is 6.21 Å². The van der Waals surface area contributed by atoms with E-state index < -0.39 is 0 Å². The van der Waals surface area contributed by atoms with Crippen LogP contribution in [0.2, 0.25) is 0 Å². The molecule has 1 heterocycles. The van der Waals surface area contributed by atoms with Crippen LogP contribution in [0.15, 0.2) is 78.9 Å². The summed E-state index contributed by atoms with van der Waals surface area (Å²) in [4.78, 5) is 16.9. The SMILES string of the molecule is C=C/C(=C\C(=C/C)Oc1ccnc2cc(C)ccc12)C(=O)NC/[N+](C)=C/C=C\N.CC. The number of aryl methyl sites for hydroxylation is 1. The van der Waals surface area contributed by atoms with Crippen molar-refractivity contribution in [1.29, 1.82) is 0 Å². The highest BCUT2D eigenvalue weighted by Gasteiger charge is 2.10. The fourth-order valence-corrected chi connectivity index (χ4v) is 2.54. The summed E-state index contributed by atoms with van der Waals surface area (Å²) in [7, 11) is 1.83. The molecule has 0 saturated carbocycles. The summed E-state index contributed by atoms with van der Waals surface area (Å²) < 4.78 is 7.85. The first-order valence-corrected chi connectivity index (χ1v) is 10.2. The molecule has 0 saturated heterocycles. The van der Waals surface area contributed by atoms with Crippen LogP contribution in [0.4, 0.5) is 0 Å². The monoisotopic (exact) mass is 421 g/mol. The lowest BCUT2D eigenvalue weighted by Gasteiger charge is -2.11. The third-order valence-electron chi connectivity index (χ3n) is 4.09. The Morgan fingerprint density at radius 3 is 2.71 bits per heavy atom. The van der Waals surface area contributed by atoms with Crippen molar-refractivity contribution < 1.29 is 14.1 Å². The van der Waals surface area contributed by atoms with E-state index in [0.29, 0.717) is 23.8 Å². The molecule has 6 heteroatoms. The summed E-state index contributed by atoms with van der Waals surface area (Å²) in [6.45, 7) is 11.9. The van der Waals surface area contributed by atoms with E-state index in [1.165, 1.54) is 12.3 Å². The van der Waals surface area contributed by atoms with Crippen LogP contribution in [0, 0.1) is 6.92 Å². The van der Waals surface area contributed by atoms with Gasteiger partial charge in [0.25, 0.3) is 5.91 Å². The summed E-state index contributed by atoms with van der Waals surface area (Å²) in [5.41, 5.74) is 7.69. The second-order valence-electron chi connectivity index (χ2n) is 6.38. The highest BCUT2D eigenvalue weighted by Crippen LogP contribution is 2.26. The maximum atomic E-state index is 12.5. The molecule has 164 valence electrons. The Morgan fingerprint density at radius 2 is 2.06 bits per heavy atom. The molecular weight excluding hydrogens is 388 g/mol. The number of rotatable bonds is 8. The lowest BCUT2D eigenvalue weighted by molar-refractivity contribution is -0.495. The van der Waals surface area contributed by atoms with E-state index in [1.807, 2.05) is 52.9 Å². The molecule has 0 unspecified atom stereocenters. The zero-order valence-electron chi connectivity index (χ0n) is 19.1. The molecule has 6 nitrogen and oxygen atoms in total. The molecule has 0 aliphatic heterocycles. The number of carbonyl (C=O) groups excluding carboxylic acids is 1. The molecule has 31 heavy (non-hydrogen) atoms. The summed E-state index contributed by atoms with van der Waals surface area (Å²) >= 11 is 0. The van der Waals surface area contributed by atoms with Gasteiger partial charge in [0.2, 0.25) is 6.67 Å². The Balaban J connectivity index is 0.00000233. The zero-order chi connectivity index (χ0) is 23.2. The van der Waals surface area contributed by atoms with Crippen LogP contribution in [0.5, 0.6) is 5.75 Å². The van der Waals surface area contributed by atoms with Gasteiger partial charge in [0.05, 0.1) is 5.52 Å². The van der Waals surface area contributed by atoms with Crippen molar-refractivity contribution in [2.24, 2.45) is 5.73 Å². The van der Waals surface area contributed by atoms with E-state index in [-0.39, 0.29) is 5.91 Å². The lowest BCUT2D eigenvalue weighted by Crippen LogP contribution is -2.31. The predicted molar refractivity (Wildman–Crippen MR) is 129 cm³/mol. The third-order valence-corrected chi connectivity index (χ3v) is 4.09. The van der Waals surface area contributed by atoms with Gasteiger partial charge in [-0.15, -0.1) is 0 Å². The molecule has 0 aliphatic carbocycles. The number of nitrogens with one attached hydrogen (secondary N) is 1. The van der Waals surface area contributed by atoms with Gasteiger partial charge in [-0.05, 0) is 56.0 Å². The standard InChI is InChI=1S/C23H26N4O2.C2H6/c1-5-18(23(28)26-16-27(4)13-7-11-24)15-19(6-2)29-22-10-12-25-21-14-17(3)8-9-20(21)22;1-2/h5-15,24H,1,16H2,2-4H3,(H,26,28);1-2H3/p+1/b18-15+,19-6+;. The normalized spacial score (nSPS) is 12.4. The maximum Gasteiger partial charge on any atom is 0.256 e. The minimum absolute atomic E-state index is 0.255. The van der Waals surface area contributed by atoms with Gasteiger partial charge >= 0.3 is 0 Å². The fourth-order valence-electron chi connectivity index (χ4n) is 2.54. The molecule has 2 aromatic rings. The van der Waals surface area contributed by atoms with Crippen molar-refractivity contribution in [2.45, 2.75) is 27.7 Å². The minimum atomic E-state index is -0.255. The number of nitrogens with zero attached hydrogens (tertiary/aromatic N) is 2. The van der Waals surface area contributed by atoms with E-state index >= 15 is 0 Å². The largest absolute Gasteiger partial charge is 0.457 e. The summed E-state index contributed by atoms with van der Waals surface area (Å²) in [6.07, 6.45) is 11.5. The van der Waals surface area contributed by atoms with Crippen molar-refractivity contribution in [3.8, 4) is 5.75 Å². The second kappa shape index (κ2) is 13.5. The van der Waals surface area contributed by atoms with Crippen molar-refractivity contribution in [2.75, 3.05) is 13.7 Å². The molecular formula is C25H33N4O2+. The van der Waals surface area contributed by atoms with Crippen LogP contribution < -0.4 is 15.8 Å². The third kappa shape index (κ3) is 7.93. The molecule has 0 fully saturated rings. The first-order chi connectivity index (χ1) is 15.0. The first kappa shape index (κ1) is 25.4. The molecule has 1 aromatic carbocycles. The van der Waals surface area contributed by atoms with Gasteiger partial charge in [-0.2, -0.15) is 0 Å². The minimum Gasteiger partial charge on any atom is -0.457 e. The van der Waals surface area contributed by atoms with E-state index in [2.05, 4.69) is 16.9 Å². The number of hydrogen-bond acceptors (Lipinski definition) is 4. The molecule has 0 atom stereocenters. The Kier molecular flexibility index (Phi) is 11.1. The molecule has 0 bridgehead atoms. The predicted octanol–water partition coefficient (Wildman–Crippen LogP) is 4.22. The number of nitrogens with two attached hydrogens (primary N) is 1. The van der Waals surface area contributed by atoms with E-state index in [1.54, 1.807) is 41.3 Å². The number of carbonyl (C=O) groups is 1. The van der Waals surface area contributed by atoms with E-state index in [0.717, 1.165) is 16.5 Å². The lowest BCUT2D eigenvalue weighted by atomic mass is 10.1. The Morgan fingerprint density at radius 1 is 1.32 bits per heavy atom. The van der Waals surface area contributed by atoms with Crippen LogP contribution in [0.3, 0.4) is 0 Å². The summed E-state index contributed by atoms with van der Waals surface area (Å²) in [5.74, 6) is 0.954. The number of benzene rings is 1. The van der Waals surface area contributed by atoms with Gasteiger partial charge in [0, 0.05) is 23.2 Å². The van der Waals surface area contributed by atoms with Crippen molar-refractivity contribution in [3.63, 3.8) is 0 Å². The average Bonchev–Trinajstić information content (AvgIpc) is 2.79. The van der Waals surface area contributed by atoms with Crippen LogP contribution >= 0.6 is 0 Å². The average molecular weight is 422 g/mol. The Bertz CT molecular complexity index is 1020. The van der Waals surface area contributed by atoms with Gasteiger partial charge < -0.3 is 10.5 Å².